The normalized spacial score (nSPS) is 14.4. The molecule has 0 aliphatic rings. The van der Waals surface area contributed by atoms with Gasteiger partial charge in [0.1, 0.15) is 25.4 Å². The Morgan fingerprint density at radius 1 is 0.257 bits per heavy atom. The number of phosphoric acid groups is 2. The number of hydrogen-bond donors (Lipinski definition) is 4. The second-order valence-electron chi connectivity index (χ2n) is 30.4. The number of ether oxygens (including phenoxy) is 3. The van der Waals surface area contributed by atoms with E-state index in [0.29, 0.717) is 19.3 Å². The maximum absolute atomic E-state index is 13.0. The molecule has 0 fully saturated rings. The molecular weight excluding hydrogens is 1460 g/mol. The fraction of sp³-hybridized carbons (Fsp3) is 0.737. The molecule has 0 aliphatic heterocycles. The van der Waals surface area contributed by atoms with Crippen molar-refractivity contribution >= 4 is 33.6 Å². The number of phosphoric ester groups is 2. The number of rotatable bonds is 86. The zero-order valence-corrected chi connectivity index (χ0v) is 73.6. The largest absolute Gasteiger partial charge is 0.472 e. The fourth-order valence-electron chi connectivity index (χ4n) is 12.4. The molecule has 5 atom stereocenters. The number of aliphatic hydroxyl groups excluding tert-OH is 2. The van der Waals surface area contributed by atoms with Gasteiger partial charge in [0, 0.05) is 19.3 Å². The Morgan fingerprint density at radius 3 is 0.770 bits per heavy atom. The van der Waals surface area contributed by atoms with Crippen LogP contribution in [0.3, 0.4) is 0 Å². The quantitative estimate of drug-likeness (QED) is 0.0146. The van der Waals surface area contributed by atoms with Crippen LogP contribution in [0.2, 0.25) is 0 Å². The predicted molar refractivity (Wildman–Crippen MR) is 473 cm³/mol. The third-order valence-corrected chi connectivity index (χ3v) is 21.2. The van der Waals surface area contributed by atoms with Crippen molar-refractivity contribution in [3.05, 3.63) is 134 Å². The molecule has 0 spiro atoms. The molecule has 0 saturated heterocycles. The summed E-state index contributed by atoms with van der Waals surface area (Å²) in [5.41, 5.74) is 0. The van der Waals surface area contributed by atoms with Gasteiger partial charge in [-0.1, -0.05) is 366 Å². The Labute approximate surface area is 690 Å². The standard InChI is InChI=1S/C95H166O16P2/c1-4-7-10-13-16-19-22-25-28-30-32-34-36-38-40-42-43-44-45-47-49-50-52-54-56-58-61-63-66-69-72-75-78-81-93(98)105-84-90(96)85-107-112(101,102)108-86-91(97)87-109-113(103,104)110-89-92(111-95(100)83-80-77-74-71-68-65-60-27-24-21-18-15-12-9-6-3)88-106-94(99)82-79-76-73-70-67-64-62-59-57-55-53-51-48-46-41-39-37-35-33-31-29-26-23-20-17-14-11-8-5-2/h8,11,16-17,19-20,25-29,32-35,38-41,48,51,60,90-92,96-97H,4-7,9-10,12-15,18,21-24,30-31,36-37,42-47,49-50,52-59,61-89H2,1-3H3,(H,101,102)(H,103,104)/b11-8-,19-16-,20-17-,28-25-,29-26-,34-32-,35-33-,40-38-,41-39-,51-48-,60-27-. The highest BCUT2D eigenvalue weighted by molar-refractivity contribution is 7.47. The van der Waals surface area contributed by atoms with Gasteiger partial charge in [0.2, 0.25) is 0 Å². The third-order valence-electron chi connectivity index (χ3n) is 19.3. The van der Waals surface area contributed by atoms with E-state index >= 15 is 0 Å². The summed E-state index contributed by atoms with van der Waals surface area (Å²) in [6.07, 6.45) is 108. The summed E-state index contributed by atoms with van der Waals surface area (Å²) in [5.74, 6) is -1.58. The van der Waals surface area contributed by atoms with Gasteiger partial charge < -0.3 is 34.2 Å². The molecule has 5 unspecified atom stereocenters. The molecule has 0 aromatic carbocycles. The van der Waals surface area contributed by atoms with E-state index in [4.69, 9.17) is 32.3 Å². The summed E-state index contributed by atoms with van der Waals surface area (Å²) in [7, 11) is -9.80. The number of hydrogen-bond acceptors (Lipinski definition) is 14. The first kappa shape index (κ1) is 109. The second kappa shape index (κ2) is 87.0. The van der Waals surface area contributed by atoms with Crippen molar-refractivity contribution in [3.63, 3.8) is 0 Å². The SMILES string of the molecule is CC/C=C\C/C=C\C/C=C\C/C=C\C/C=C\C/C=C\CCCCCCCCCCCCC(=O)OCC(COP(=O)(O)OCC(O)COP(=O)(O)OCC(O)COC(=O)CCCCCCCCCCCCCCCCCCC/C=C\C/C=C\C/C=C\C/C=C\CCCCC)OC(=O)CCCCCCC/C=C\CCCCCCCC. The fourth-order valence-corrected chi connectivity index (χ4v) is 14.0. The lowest BCUT2D eigenvalue weighted by atomic mass is 10.0. The average Bonchev–Trinajstić information content (AvgIpc) is 0.899. The summed E-state index contributed by atoms with van der Waals surface area (Å²) in [4.78, 5) is 58.9. The minimum atomic E-state index is -4.94. The zero-order valence-electron chi connectivity index (χ0n) is 71.8. The van der Waals surface area contributed by atoms with Gasteiger partial charge in [-0.25, -0.2) is 9.13 Å². The third kappa shape index (κ3) is 88.3. The van der Waals surface area contributed by atoms with Crippen molar-refractivity contribution in [2.75, 3.05) is 39.6 Å². The minimum absolute atomic E-state index is 0.0930. The predicted octanol–water partition coefficient (Wildman–Crippen LogP) is 27.8. The van der Waals surface area contributed by atoms with Crippen molar-refractivity contribution in [3.8, 4) is 0 Å². The topological polar surface area (TPSA) is 231 Å². The van der Waals surface area contributed by atoms with E-state index in [1.165, 1.54) is 186 Å². The van der Waals surface area contributed by atoms with Crippen molar-refractivity contribution in [2.45, 2.75) is 411 Å². The van der Waals surface area contributed by atoms with Gasteiger partial charge in [0.25, 0.3) is 0 Å². The highest BCUT2D eigenvalue weighted by atomic mass is 31.2. The van der Waals surface area contributed by atoms with Crippen molar-refractivity contribution in [2.24, 2.45) is 0 Å². The number of esters is 3. The lowest BCUT2D eigenvalue weighted by molar-refractivity contribution is -0.161. The van der Waals surface area contributed by atoms with E-state index in [1.807, 2.05) is 0 Å². The van der Waals surface area contributed by atoms with Crippen LogP contribution in [-0.2, 0) is 55.8 Å². The van der Waals surface area contributed by atoms with Gasteiger partial charge >= 0.3 is 33.6 Å². The molecule has 0 heterocycles. The molecule has 0 bridgehead atoms. The highest BCUT2D eigenvalue weighted by Crippen LogP contribution is 2.45. The smallest absolute Gasteiger partial charge is 0.463 e. The van der Waals surface area contributed by atoms with E-state index in [-0.39, 0.29) is 19.3 Å². The summed E-state index contributed by atoms with van der Waals surface area (Å²) in [5, 5.41) is 20.7. The van der Waals surface area contributed by atoms with E-state index in [1.54, 1.807) is 0 Å². The maximum Gasteiger partial charge on any atom is 0.472 e. The molecule has 652 valence electrons. The Balaban J connectivity index is 4.46. The molecule has 18 heteroatoms. The zero-order chi connectivity index (χ0) is 82.2. The van der Waals surface area contributed by atoms with Gasteiger partial charge in [0.05, 0.1) is 26.4 Å². The second-order valence-corrected chi connectivity index (χ2v) is 33.3. The molecule has 0 aliphatic carbocycles. The Bertz CT molecular complexity index is 2580. The first-order valence-corrected chi connectivity index (χ1v) is 48.5. The van der Waals surface area contributed by atoms with Crippen LogP contribution >= 0.6 is 15.6 Å². The molecule has 0 aromatic rings. The Kier molecular flexibility index (Phi) is 83.7. The summed E-state index contributed by atoms with van der Waals surface area (Å²) < 4.78 is 61.4. The summed E-state index contributed by atoms with van der Waals surface area (Å²) in [6.45, 7) is 2.57. The monoisotopic (exact) mass is 1630 g/mol. The molecule has 113 heavy (non-hydrogen) atoms. The van der Waals surface area contributed by atoms with Crippen molar-refractivity contribution in [1.29, 1.82) is 0 Å². The Morgan fingerprint density at radius 2 is 0.469 bits per heavy atom. The number of carbonyl (C=O) groups excluding carboxylic acids is 3. The number of unbranched alkanes of at least 4 members (excludes halogenated alkanes) is 41. The van der Waals surface area contributed by atoms with Gasteiger partial charge in [-0.2, -0.15) is 0 Å². The lowest BCUT2D eigenvalue weighted by Gasteiger charge is -2.21. The molecule has 0 radical (unpaired) electrons. The molecule has 0 aromatic heterocycles. The van der Waals surface area contributed by atoms with Gasteiger partial charge in [-0.05, 0) is 141 Å². The van der Waals surface area contributed by atoms with Crippen LogP contribution in [0.15, 0.2) is 134 Å². The molecular formula is C95H166O16P2. The van der Waals surface area contributed by atoms with Crippen LogP contribution in [0, 0.1) is 0 Å². The van der Waals surface area contributed by atoms with Crippen LogP contribution in [0.4, 0.5) is 0 Å². The van der Waals surface area contributed by atoms with E-state index in [2.05, 4.69) is 154 Å². The maximum atomic E-state index is 13.0. The van der Waals surface area contributed by atoms with E-state index in [0.717, 1.165) is 148 Å². The lowest BCUT2D eigenvalue weighted by Crippen LogP contribution is -2.30. The van der Waals surface area contributed by atoms with Crippen LogP contribution in [-0.4, -0.2) is 95.9 Å². The number of aliphatic hydroxyl groups is 2. The van der Waals surface area contributed by atoms with Crippen molar-refractivity contribution < 1.29 is 75.8 Å². The molecule has 16 nitrogen and oxygen atoms in total. The van der Waals surface area contributed by atoms with Crippen LogP contribution in [0.25, 0.3) is 0 Å². The van der Waals surface area contributed by atoms with Crippen LogP contribution < -0.4 is 0 Å². The van der Waals surface area contributed by atoms with Crippen LogP contribution in [0.5, 0.6) is 0 Å². The number of allylic oxidation sites excluding steroid dienone is 22. The van der Waals surface area contributed by atoms with Crippen LogP contribution in [0.1, 0.15) is 393 Å². The molecule has 0 rings (SSSR count). The number of carbonyl (C=O) groups is 3. The Hall–Kier alpha value is -4.31. The van der Waals surface area contributed by atoms with E-state index in [9.17, 15) is 43.5 Å². The van der Waals surface area contributed by atoms with Crippen molar-refractivity contribution in [1.82, 2.24) is 0 Å². The summed E-state index contributed by atoms with van der Waals surface area (Å²) >= 11 is 0. The minimum Gasteiger partial charge on any atom is -0.463 e. The molecule has 0 saturated carbocycles. The van der Waals surface area contributed by atoms with Gasteiger partial charge in [0.15, 0.2) is 6.10 Å². The van der Waals surface area contributed by atoms with E-state index < -0.39 is 91.5 Å². The first-order chi connectivity index (χ1) is 55.2. The van der Waals surface area contributed by atoms with Gasteiger partial charge in [-0.3, -0.25) is 32.5 Å². The van der Waals surface area contributed by atoms with Gasteiger partial charge in [-0.15, -0.1) is 0 Å². The molecule has 0 amide bonds. The molecule has 4 N–H and O–H groups in total. The summed E-state index contributed by atoms with van der Waals surface area (Å²) in [6, 6.07) is 0. The average molecular weight is 1630 g/mol. The highest BCUT2D eigenvalue weighted by Gasteiger charge is 2.29. The first-order valence-electron chi connectivity index (χ1n) is 45.5.